The Morgan fingerprint density at radius 3 is 2.73 bits per heavy atom. The van der Waals surface area contributed by atoms with Gasteiger partial charge >= 0.3 is 0 Å². The first-order valence-corrected chi connectivity index (χ1v) is 13.7. The van der Waals surface area contributed by atoms with Crippen LogP contribution in [0.5, 0.6) is 16.7 Å². The first kappa shape index (κ1) is 25.1. The van der Waals surface area contributed by atoms with Crippen molar-refractivity contribution in [3.05, 3.63) is 89.4 Å². The van der Waals surface area contributed by atoms with Gasteiger partial charge < -0.3 is 23.5 Å². The van der Waals surface area contributed by atoms with Gasteiger partial charge in [0.25, 0.3) is 11.1 Å². The quantitative estimate of drug-likeness (QED) is 0.228. The Bertz CT molecular complexity index is 1900. The lowest BCUT2D eigenvalue weighted by atomic mass is 10.1. The summed E-state index contributed by atoms with van der Waals surface area (Å²) in [6, 6.07) is 17.0. The van der Waals surface area contributed by atoms with Crippen molar-refractivity contribution in [3.8, 4) is 28.1 Å². The van der Waals surface area contributed by atoms with E-state index in [4.69, 9.17) is 18.6 Å². The molecule has 0 N–H and O–H groups in total. The molecule has 0 fully saturated rings. The highest BCUT2D eigenvalue weighted by atomic mass is 32.1. The zero-order chi connectivity index (χ0) is 28.1. The Morgan fingerprint density at radius 1 is 1.10 bits per heavy atom. The predicted molar refractivity (Wildman–Crippen MR) is 152 cm³/mol. The predicted octanol–water partition coefficient (Wildman–Crippen LogP) is 6.14. The number of fused-ring (bicyclic) bond motifs is 3. The molecule has 0 bridgehead atoms. The number of methoxy groups -OCH3 is 2. The molecule has 3 aromatic heterocycles. The number of rotatable bonds is 7. The van der Waals surface area contributed by atoms with Crippen LogP contribution >= 0.6 is 11.3 Å². The molecule has 0 radical (unpaired) electrons. The molecule has 9 nitrogen and oxygen atoms in total. The van der Waals surface area contributed by atoms with Gasteiger partial charge in [-0.25, -0.2) is 13.9 Å². The van der Waals surface area contributed by atoms with Crippen LogP contribution in [-0.4, -0.2) is 41.3 Å². The van der Waals surface area contributed by atoms with Crippen LogP contribution in [0, 0.1) is 5.82 Å². The van der Waals surface area contributed by atoms with Gasteiger partial charge in [0.05, 0.1) is 25.8 Å². The number of imidazole rings is 1. The van der Waals surface area contributed by atoms with E-state index in [1.54, 1.807) is 29.8 Å². The number of nitrogens with zero attached hydrogens (tertiary/aromatic N) is 4. The molecule has 1 aliphatic heterocycles. The third-order valence-corrected chi connectivity index (χ3v) is 7.99. The number of halogens is 1. The molecule has 0 saturated carbocycles. The molecule has 0 atom stereocenters. The minimum absolute atomic E-state index is 0.157. The summed E-state index contributed by atoms with van der Waals surface area (Å²) in [5.41, 5.74) is 4.56. The number of carbonyl (C=O) groups is 1. The van der Waals surface area contributed by atoms with E-state index in [0.717, 1.165) is 22.2 Å². The van der Waals surface area contributed by atoms with E-state index in [9.17, 15) is 9.18 Å². The lowest BCUT2D eigenvalue weighted by Crippen LogP contribution is -2.28. The Balaban J connectivity index is 1.17. The summed E-state index contributed by atoms with van der Waals surface area (Å²) < 4.78 is 38.2. The number of carbonyl (C=O) groups excluding carboxylic acids is 1. The molecule has 0 saturated heterocycles. The fourth-order valence-corrected chi connectivity index (χ4v) is 5.79. The molecule has 206 valence electrons. The molecule has 0 spiro atoms. The summed E-state index contributed by atoms with van der Waals surface area (Å²) in [6.07, 6.45) is 2.48. The largest absolute Gasteiger partial charge is 0.496 e. The van der Waals surface area contributed by atoms with Gasteiger partial charge in [0, 0.05) is 29.9 Å². The lowest BCUT2D eigenvalue weighted by molar-refractivity contribution is 0.0989. The van der Waals surface area contributed by atoms with Crippen LogP contribution in [-0.2, 0) is 13.0 Å². The summed E-state index contributed by atoms with van der Waals surface area (Å²) in [4.78, 5) is 20.2. The number of amides is 1. The highest BCUT2D eigenvalue weighted by Gasteiger charge is 2.27. The maximum Gasteiger partial charge on any atom is 0.294 e. The lowest BCUT2D eigenvalue weighted by Gasteiger charge is -2.18. The van der Waals surface area contributed by atoms with Gasteiger partial charge in [-0.3, -0.25) is 4.79 Å². The van der Waals surface area contributed by atoms with Crippen LogP contribution in [0.2, 0.25) is 0 Å². The molecule has 3 aromatic carbocycles. The standard InChI is InChI=1S/C30H23FN4O5S/c1-37-20-12-25(22-14-27(40-26(22)13-20)23-15-35-29(32-23)41-30(33-35)38-2)39-16-18-4-3-5-24-21(18)10-11-34(24)28(36)17-6-8-19(31)9-7-17/h3-9,12-15H,10-11,16H2,1-2H3. The minimum Gasteiger partial charge on any atom is -0.496 e. The molecular weight excluding hydrogens is 547 g/mol. The van der Waals surface area contributed by atoms with Gasteiger partial charge in [-0.1, -0.05) is 12.1 Å². The molecule has 0 unspecified atom stereocenters. The zero-order valence-electron chi connectivity index (χ0n) is 22.1. The Morgan fingerprint density at radius 2 is 1.95 bits per heavy atom. The van der Waals surface area contributed by atoms with E-state index in [2.05, 4.69) is 10.1 Å². The highest BCUT2D eigenvalue weighted by molar-refractivity contribution is 7.18. The zero-order valence-corrected chi connectivity index (χ0v) is 22.9. The Kier molecular flexibility index (Phi) is 6.08. The molecule has 1 aliphatic rings. The molecule has 11 heteroatoms. The van der Waals surface area contributed by atoms with Gasteiger partial charge in [0.1, 0.15) is 35.2 Å². The topological polar surface area (TPSA) is 91.3 Å². The number of benzene rings is 3. The number of hydrogen-bond acceptors (Lipinski definition) is 8. The second kappa shape index (κ2) is 9.93. The summed E-state index contributed by atoms with van der Waals surface area (Å²) in [5.74, 6) is 1.24. The third kappa shape index (κ3) is 4.44. The number of hydrogen-bond donors (Lipinski definition) is 0. The molecule has 41 heavy (non-hydrogen) atoms. The monoisotopic (exact) mass is 570 g/mol. The first-order chi connectivity index (χ1) is 20.0. The molecule has 1 amide bonds. The second-order valence-electron chi connectivity index (χ2n) is 9.49. The molecule has 0 aliphatic carbocycles. The third-order valence-electron chi connectivity index (χ3n) is 7.10. The maximum atomic E-state index is 13.4. The smallest absolute Gasteiger partial charge is 0.294 e. The average molecular weight is 571 g/mol. The Hall–Kier alpha value is -4.90. The fraction of sp³-hybridized carbons (Fsp3) is 0.167. The van der Waals surface area contributed by atoms with Gasteiger partial charge in [-0.05, 0) is 65.3 Å². The van der Waals surface area contributed by atoms with E-state index in [0.29, 0.717) is 57.2 Å². The summed E-state index contributed by atoms with van der Waals surface area (Å²) in [5, 5.41) is 5.64. The second-order valence-corrected chi connectivity index (χ2v) is 10.4. The van der Waals surface area contributed by atoms with E-state index in [1.807, 2.05) is 36.4 Å². The summed E-state index contributed by atoms with van der Waals surface area (Å²) in [7, 11) is 3.16. The van der Waals surface area contributed by atoms with Gasteiger partial charge in [0.15, 0.2) is 5.76 Å². The van der Waals surface area contributed by atoms with Crippen LogP contribution < -0.4 is 19.1 Å². The van der Waals surface area contributed by atoms with E-state index < -0.39 is 0 Å². The normalized spacial score (nSPS) is 12.7. The van der Waals surface area contributed by atoms with Crippen LogP contribution in [0.25, 0.3) is 27.4 Å². The van der Waals surface area contributed by atoms with Gasteiger partial charge in [-0.2, -0.15) is 0 Å². The number of aromatic nitrogens is 3. The van der Waals surface area contributed by atoms with Crippen molar-refractivity contribution in [2.24, 2.45) is 0 Å². The number of ether oxygens (including phenoxy) is 3. The molecule has 7 rings (SSSR count). The van der Waals surface area contributed by atoms with E-state index >= 15 is 0 Å². The minimum atomic E-state index is -0.374. The van der Waals surface area contributed by atoms with Crippen molar-refractivity contribution in [2.45, 2.75) is 13.0 Å². The van der Waals surface area contributed by atoms with Gasteiger partial charge in [-0.15, -0.1) is 5.10 Å². The van der Waals surface area contributed by atoms with E-state index in [1.165, 1.54) is 35.6 Å². The average Bonchev–Trinajstić information content (AvgIpc) is 3.77. The first-order valence-electron chi connectivity index (χ1n) is 12.8. The molecular formula is C30H23FN4O5S. The Labute approximate surface area is 237 Å². The van der Waals surface area contributed by atoms with Crippen molar-refractivity contribution in [2.75, 3.05) is 25.7 Å². The highest BCUT2D eigenvalue weighted by Crippen LogP contribution is 2.38. The van der Waals surface area contributed by atoms with Crippen molar-refractivity contribution in [1.82, 2.24) is 14.6 Å². The van der Waals surface area contributed by atoms with Crippen LogP contribution in [0.3, 0.4) is 0 Å². The van der Waals surface area contributed by atoms with Crippen LogP contribution in [0.1, 0.15) is 21.5 Å². The summed E-state index contributed by atoms with van der Waals surface area (Å²) >= 11 is 1.34. The van der Waals surface area contributed by atoms with Crippen molar-refractivity contribution < 1.29 is 27.8 Å². The number of anilines is 1. The van der Waals surface area contributed by atoms with Crippen LogP contribution in [0.4, 0.5) is 10.1 Å². The van der Waals surface area contributed by atoms with Crippen molar-refractivity contribution in [1.29, 1.82) is 0 Å². The SMILES string of the molecule is COc1cc(OCc2cccc3c2CCN3C(=O)c2ccc(F)cc2)c2cc(-c3cn4nc(OC)sc4n3)oc2c1. The van der Waals surface area contributed by atoms with Crippen molar-refractivity contribution >= 4 is 38.9 Å². The van der Waals surface area contributed by atoms with E-state index in [-0.39, 0.29) is 18.3 Å². The fourth-order valence-electron chi connectivity index (χ4n) is 5.09. The summed E-state index contributed by atoms with van der Waals surface area (Å²) in [6.45, 7) is 0.828. The maximum absolute atomic E-state index is 13.4. The van der Waals surface area contributed by atoms with Gasteiger partial charge in [0.2, 0.25) is 4.96 Å². The molecule has 4 heterocycles. The van der Waals surface area contributed by atoms with Crippen LogP contribution in [0.15, 0.2) is 71.3 Å². The molecule has 6 aromatic rings. The van der Waals surface area contributed by atoms with Crippen molar-refractivity contribution in [3.63, 3.8) is 0 Å². The number of furan rings is 1.